The summed E-state index contributed by atoms with van der Waals surface area (Å²) in [5.41, 5.74) is 1.48. The van der Waals surface area contributed by atoms with Gasteiger partial charge in [0, 0.05) is 11.8 Å². The van der Waals surface area contributed by atoms with E-state index in [2.05, 4.69) is 10.8 Å². The molecular formula is C24H26NO4S. The summed E-state index contributed by atoms with van der Waals surface area (Å²) in [6, 6.07) is 26.0. The van der Waals surface area contributed by atoms with Crippen LogP contribution in [-0.4, -0.2) is 26.2 Å². The van der Waals surface area contributed by atoms with E-state index < -0.39 is 16.1 Å². The average molecular weight is 425 g/mol. The van der Waals surface area contributed by atoms with Crippen LogP contribution in [0.15, 0.2) is 83.8 Å². The van der Waals surface area contributed by atoms with Crippen molar-refractivity contribution in [1.82, 2.24) is 0 Å². The highest BCUT2D eigenvalue weighted by Gasteiger charge is 2.13. The molecule has 30 heavy (non-hydrogen) atoms. The van der Waals surface area contributed by atoms with E-state index in [9.17, 15) is 13.5 Å². The molecular weight excluding hydrogens is 398 g/mol. The van der Waals surface area contributed by atoms with E-state index in [0.29, 0.717) is 37.3 Å². The molecule has 0 saturated heterocycles. The van der Waals surface area contributed by atoms with Crippen molar-refractivity contribution >= 4 is 15.7 Å². The van der Waals surface area contributed by atoms with Crippen molar-refractivity contribution in [2.45, 2.75) is 36.7 Å². The van der Waals surface area contributed by atoms with Crippen molar-refractivity contribution in [3.05, 3.63) is 90.5 Å². The maximum Gasteiger partial charge on any atom is 0.261 e. The molecule has 0 aliphatic heterocycles. The van der Waals surface area contributed by atoms with Gasteiger partial charge >= 0.3 is 0 Å². The molecule has 0 aliphatic carbocycles. The molecule has 3 aromatic carbocycles. The number of sulfonamides is 1. The first kappa shape index (κ1) is 21.9. The predicted molar refractivity (Wildman–Crippen MR) is 118 cm³/mol. The summed E-state index contributed by atoms with van der Waals surface area (Å²) in [5.74, 6) is 0.710. The van der Waals surface area contributed by atoms with Crippen molar-refractivity contribution in [1.29, 1.82) is 0 Å². The Morgan fingerprint density at radius 1 is 0.967 bits per heavy atom. The number of aryl methyl sites for hydroxylation is 1. The van der Waals surface area contributed by atoms with Gasteiger partial charge in [0.05, 0.1) is 17.6 Å². The number of anilines is 1. The van der Waals surface area contributed by atoms with E-state index in [1.165, 1.54) is 0 Å². The Labute approximate surface area is 178 Å². The highest BCUT2D eigenvalue weighted by atomic mass is 32.2. The summed E-state index contributed by atoms with van der Waals surface area (Å²) in [4.78, 5) is 0.223. The Balaban J connectivity index is 1.44. The number of rotatable bonds is 11. The molecule has 0 spiro atoms. The summed E-state index contributed by atoms with van der Waals surface area (Å²) in [6.45, 7) is 0.536. The predicted octanol–water partition coefficient (Wildman–Crippen LogP) is 4.44. The lowest BCUT2D eigenvalue weighted by Crippen LogP contribution is -2.13. The van der Waals surface area contributed by atoms with Gasteiger partial charge in [-0.2, -0.15) is 0 Å². The van der Waals surface area contributed by atoms with E-state index >= 15 is 0 Å². The van der Waals surface area contributed by atoms with Crippen molar-refractivity contribution in [3.63, 3.8) is 0 Å². The van der Waals surface area contributed by atoms with E-state index in [1.54, 1.807) is 42.5 Å². The summed E-state index contributed by atoms with van der Waals surface area (Å²) < 4.78 is 33.1. The molecule has 0 aliphatic rings. The van der Waals surface area contributed by atoms with Gasteiger partial charge < -0.3 is 9.84 Å². The third kappa shape index (κ3) is 6.90. The van der Waals surface area contributed by atoms with Crippen molar-refractivity contribution < 1.29 is 18.3 Å². The number of para-hydroxylation sites is 1. The Morgan fingerprint density at radius 3 is 2.53 bits per heavy atom. The second kappa shape index (κ2) is 10.8. The van der Waals surface area contributed by atoms with E-state index in [1.807, 2.05) is 36.4 Å². The van der Waals surface area contributed by atoms with Gasteiger partial charge in [0.2, 0.25) is 0 Å². The molecule has 6 heteroatoms. The number of aliphatic hydroxyl groups excluding tert-OH is 1. The monoisotopic (exact) mass is 424 g/mol. The van der Waals surface area contributed by atoms with Crippen molar-refractivity contribution in [2.24, 2.45) is 0 Å². The summed E-state index contributed by atoms with van der Waals surface area (Å²) in [6.07, 6.45) is 2.23. The Morgan fingerprint density at radius 2 is 1.77 bits per heavy atom. The van der Waals surface area contributed by atoms with Crippen LogP contribution in [0.3, 0.4) is 0 Å². The molecule has 3 rings (SSSR count). The molecule has 0 unspecified atom stereocenters. The minimum Gasteiger partial charge on any atom is -0.493 e. The second-order valence-corrected chi connectivity index (χ2v) is 8.71. The topological polar surface area (TPSA) is 75.6 Å². The van der Waals surface area contributed by atoms with Crippen LogP contribution >= 0.6 is 0 Å². The lowest BCUT2D eigenvalue weighted by Gasteiger charge is -2.12. The number of hydrogen-bond acceptors (Lipinski definition) is 4. The standard InChI is InChI=1S/C24H26NO4S/c26-22(11-8-18-29-23-12-3-1-4-13-23)17-16-20-9-7-10-21(19-20)25-30(27,28)24-14-5-2-6-15-24/h1-7,9-10,12,14-15,19,22,25-26H,8,11,16-18H2/t22-/m0/s1. The maximum absolute atomic E-state index is 12.5. The molecule has 0 amide bonds. The normalized spacial score (nSPS) is 12.3. The molecule has 157 valence electrons. The maximum atomic E-state index is 12.5. The van der Waals surface area contributed by atoms with Gasteiger partial charge in [-0.05, 0) is 61.6 Å². The van der Waals surface area contributed by atoms with Crippen LogP contribution in [0.2, 0.25) is 0 Å². The summed E-state index contributed by atoms with van der Waals surface area (Å²) >= 11 is 0. The van der Waals surface area contributed by atoms with Gasteiger partial charge in [-0.15, -0.1) is 0 Å². The smallest absolute Gasteiger partial charge is 0.261 e. The van der Waals surface area contributed by atoms with E-state index in [4.69, 9.17) is 4.74 Å². The molecule has 5 nitrogen and oxygen atoms in total. The third-order valence-electron chi connectivity index (χ3n) is 4.62. The molecule has 0 saturated carbocycles. The van der Waals surface area contributed by atoms with Gasteiger partial charge in [-0.1, -0.05) is 48.5 Å². The van der Waals surface area contributed by atoms with Crippen LogP contribution in [-0.2, 0) is 16.4 Å². The second-order valence-electron chi connectivity index (χ2n) is 7.03. The van der Waals surface area contributed by atoms with Crippen LogP contribution < -0.4 is 9.46 Å². The zero-order chi connectivity index (χ0) is 21.2. The van der Waals surface area contributed by atoms with Gasteiger partial charge in [0.15, 0.2) is 0 Å². The highest BCUT2D eigenvalue weighted by Crippen LogP contribution is 2.19. The SMILES string of the molecule is O=S(=O)(Nc1cccc(CC[C@@H](O)CCCOc2[c]cccc2)c1)c1ccccc1. The fraction of sp³-hybridized carbons (Fsp3) is 0.250. The first-order chi connectivity index (χ1) is 14.5. The lowest BCUT2D eigenvalue weighted by molar-refractivity contribution is 0.144. The Hall–Kier alpha value is -2.83. The highest BCUT2D eigenvalue weighted by molar-refractivity contribution is 7.92. The third-order valence-corrected chi connectivity index (χ3v) is 6.02. The molecule has 0 fully saturated rings. The lowest BCUT2D eigenvalue weighted by atomic mass is 10.0. The first-order valence-electron chi connectivity index (χ1n) is 9.97. The molecule has 1 radical (unpaired) electrons. The number of benzene rings is 3. The molecule has 0 aromatic heterocycles. The van der Waals surface area contributed by atoms with Gasteiger partial charge in [-0.25, -0.2) is 8.42 Å². The first-order valence-corrected chi connectivity index (χ1v) is 11.5. The number of hydrogen-bond donors (Lipinski definition) is 2. The quantitative estimate of drug-likeness (QED) is 0.446. The van der Waals surface area contributed by atoms with Crippen LogP contribution in [0, 0.1) is 6.07 Å². The fourth-order valence-electron chi connectivity index (χ4n) is 3.05. The minimum absolute atomic E-state index is 0.223. The van der Waals surface area contributed by atoms with Gasteiger partial charge in [-0.3, -0.25) is 4.72 Å². The van der Waals surface area contributed by atoms with Gasteiger partial charge in [0.25, 0.3) is 10.0 Å². The summed E-state index contributed by atoms with van der Waals surface area (Å²) in [7, 11) is -3.62. The fourth-order valence-corrected chi connectivity index (χ4v) is 4.12. The summed E-state index contributed by atoms with van der Waals surface area (Å²) in [5, 5.41) is 10.2. The van der Waals surface area contributed by atoms with Crippen molar-refractivity contribution in [2.75, 3.05) is 11.3 Å². The zero-order valence-corrected chi connectivity index (χ0v) is 17.5. The van der Waals surface area contributed by atoms with Crippen molar-refractivity contribution in [3.8, 4) is 5.75 Å². The van der Waals surface area contributed by atoms with Crippen LogP contribution in [0.5, 0.6) is 5.75 Å². The number of ether oxygens (including phenoxy) is 1. The molecule has 1 atom stereocenters. The minimum atomic E-state index is -3.62. The Kier molecular flexibility index (Phi) is 7.88. The average Bonchev–Trinajstić information content (AvgIpc) is 2.77. The molecule has 0 bridgehead atoms. The van der Waals surface area contributed by atoms with Gasteiger partial charge in [0.1, 0.15) is 5.75 Å². The zero-order valence-electron chi connectivity index (χ0n) is 16.7. The van der Waals surface area contributed by atoms with E-state index in [0.717, 1.165) is 12.0 Å². The Bertz CT molecular complexity index is 1010. The van der Waals surface area contributed by atoms with Crippen LogP contribution in [0.25, 0.3) is 0 Å². The van der Waals surface area contributed by atoms with Crippen LogP contribution in [0.1, 0.15) is 24.8 Å². The number of aliphatic hydroxyl groups is 1. The van der Waals surface area contributed by atoms with Crippen LogP contribution in [0.4, 0.5) is 5.69 Å². The molecule has 0 heterocycles. The molecule has 2 N–H and O–H groups in total. The number of nitrogens with one attached hydrogen (secondary N) is 1. The molecule has 3 aromatic rings. The van der Waals surface area contributed by atoms with E-state index in [-0.39, 0.29) is 4.90 Å². The largest absolute Gasteiger partial charge is 0.493 e.